The molecule has 3 rings (SSSR count). The molecule has 6 heteroatoms. The molecule has 0 amide bonds. The van der Waals surface area contributed by atoms with Crippen molar-refractivity contribution in [2.75, 3.05) is 13.6 Å². The van der Waals surface area contributed by atoms with Gasteiger partial charge in [-0.2, -0.15) is 0 Å². The number of nitrogens with zero attached hydrogens (tertiary/aromatic N) is 4. The first-order chi connectivity index (χ1) is 9.65. The van der Waals surface area contributed by atoms with Crippen LogP contribution >= 0.6 is 15.9 Å². The molecule has 1 unspecified atom stereocenters. The minimum Gasteiger partial charge on any atom is -0.310 e. The number of nitrogens with one attached hydrogen (secondary N) is 1. The standard InChI is InChI=1S/C14H20BrN5/c1-10(19(2)11-3-4-11)5-16-6-12-7-18-14-8-17-13(15)9-20(12)14/h7-11,16H,3-6H2,1-2H3. The third-order valence-corrected chi connectivity index (χ3v) is 4.41. The molecule has 0 spiro atoms. The molecule has 2 aromatic rings. The van der Waals surface area contributed by atoms with Gasteiger partial charge >= 0.3 is 0 Å². The van der Waals surface area contributed by atoms with Gasteiger partial charge in [-0.15, -0.1) is 0 Å². The summed E-state index contributed by atoms with van der Waals surface area (Å²) in [5.41, 5.74) is 2.04. The summed E-state index contributed by atoms with van der Waals surface area (Å²) < 4.78 is 2.89. The second kappa shape index (κ2) is 5.79. The summed E-state index contributed by atoms with van der Waals surface area (Å²) >= 11 is 3.40. The number of likely N-dealkylation sites (N-methyl/N-ethyl adjacent to an activating group) is 1. The zero-order valence-electron chi connectivity index (χ0n) is 11.9. The average Bonchev–Trinajstić information content (AvgIpc) is 3.21. The molecule has 5 nitrogen and oxygen atoms in total. The van der Waals surface area contributed by atoms with Crippen LogP contribution in [0.25, 0.3) is 5.65 Å². The Morgan fingerprint density at radius 3 is 3.00 bits per heavy atom. The van der Waals surface area contributed by atoms with Crippen molar-refractivity contribution in [3.63, 3.8) is 0 Å². The van der Waals surface area contributed by atoms with Gasteiger partial charge in [0.2, 0.25) is 0 Å². The van der Waals surface area contributed by atoms with Gasteiger partial charge in [0.25, 0.3) is 0 Å². The Morgan fingerprint density at radius 1 is 1.45 bits per heavy atom. The molecule has 1 atom stereocenters. The first kappa shape index (κ1) is 14.0. The van der Waals surface area contributed by atoms with Crippen molar-refractivity contribution in [2.45, 2.75) is 38.4 Å². The molecule has 0 aliphatic heterocycles. The first-order valence-corrected chi connectivity index (χ1v) is 7.84. The number of imidazole rings is 1. The van der Waals surface area contributed by atoms with E-state index in [1.165, 1.54) is 12.8 Å². The lowest BCUT2D eigenvalue weighted by atomic mass is 10.3. The SMILES string of the molecule is CC(CNCc1cnc2cnc(Br)cn12)N(C)C1CC1. The summed E-state index contributed by atoms with van der Waals surface area (Å²) in [4.78, 5) is 11.0. The van der Waals surface area contributed by atoms with Crippen molar-refractivity contribution in [1.29, 1.82) is 0 Å². The maximum Gasteiger partial charge on any atom is 0.155 e. The van der Waals surface area contributed by atoms with E-state index in [2.05, 4.69) is 54.5 Å². The largest absolute Gasteiger partial charge is 0.310 e. The monoisotopic (exact) mass is 337 g/mol. The minimum absolute atomic E-state index is 0.565. The zero-order chi connectivity index (χ0) is 14.1. The molecule has 0 bridgehead atoms. The van der Waals surface area contributed by atoms with Crippen LogP contribution in [0, 0.1) is 0 Å². The van der Waals surface area contributed by atoms with E-state index in [-0.39, 0.29) is 0 Å². The topological polar surface area (TPSA) is 45.5 Å². The molecule has 1 fully saturated rings. The highest BCUT2D eigenvalue weighted by atomic mass is 79.9. The summed E-state index contributed by atoms with van der Waals surface area (Å²) in [7, 11) is 2.22. The van der Waals surface area contributed by atoms with Crippen LogP contribution in [0.15, 0.2) is 23.2 Å². The van der Waals surface area contributed by atoms with Gasteiger partial charge < -0.3 is 5.32 Å². The van der Waals surface area contributed by atoms with E-state index in [9.17, 15) is 0 Å². The number of aromatic nitrogens is 3. The van der Waals surface area contributed by atoms with E-state index in [4.69, 9.17) is 0 Å². The van der Waals surface area contributed by atoms with Crippen molar-refractivity contribution < 1.29 is 0 Å². The van der Waals surface area contributed by atoms with Gasteiger partial charge in [0.15, 0.2) is 5.65 Å². The first-order valence-electron chi connectivity index (χ1n) is 7.05. The van der Waals surface area contributed by atoms with Crippen LogP contribution in [0.5, 0.6) is 0 Å². The Hall–Kier alpha value is -0.980. The van der Waals surface area contributed by atoms with Gasteiger partial charge in [0, 0.05) is 31.4 Å². The molecule has 1 aliphatic rings. The van der Waals surface area contributed by atoms with E-state index < -0.39 is 0 Å². The Bertz CT molecular complexity index is 592. The summed E-state index contributed by atoms with van der Waals surface area (Å²) in [5, 5.41) is 3.52. The fraction of sp³-hybridized carbons (Fsp3) is 0.571. The predicted molar refractivity (Wildman–Crippen MR) is 82.6 cm³/mol. The highest BCUT2D eigenvalue weighted by molar-refractivity contribution is 9.10. The number of hydrogen-bond acceptors (Lipinski definition) is 4. The quantitative estimate of drug-likeness (QED) is 0.876. The molecule has 1 N–H and O–H groups in total. The molecule has 0 saturated heterocycles. The molecule has 0 radical (unpaired) electrons. The minimum atomic E-state index is 0.565. The molecule has 108 valence electrons. The number of fused-ring (bicyclic) bond motifs is 1. The second-order valence-electron chi connectivity index (χ2n) is 5.56. The van der Waals surface area contributed by atoms with E-state index in [0.717, 1.165) is 35.1 Å². The molecule has 1 aliphatic carbocycles. The summed E-state index contributed by atoms with van der Waals surface area (Å²) in [5.74, 6) is 0. The van der Waals surface area contributed by atoms with Crippen molar-refractivity contribution in [3.8, 4) is 0 Å². The summed E-state index contributed by atoms with van der Waals surface area (Å²) in [6.45, 7) is 4.09. The lowest BCUT2D eigenvalue weighted by Crippen LogP contribution is -2.39. The zero-order valence-corrected chi connectivity index (χ0v) is 13.5. The molecule has 2 aromatic heterocycles. The van der Waals surface area contributed by atoms with Crippen LogP contribution in [0.2, 0.25) is 0 Å². The highest BCUT2D eigenvalue weighted by Crippen LogP contribution is 2.26. The second-order valence-corrected chi connectivity index (χ2v) is 6.38. The van der Waals surface area contributed by atoms with E-state index in [1.807, 2.05) is 12.4 Å². The van der Waals surface area contributed by atoms with E-state index in [0.29, 0.717) is 6.04 Å². The van der Waals surface area contributed by atoms with Gasteiger partial charge in [-0.05, 0) is 42.7 Å². The molecular weight excluding hydrogens is 318 g/mol. The lowest BCUT2D eigenvalue weighted by Gasteiger charge is -2.24. The van der Waals surface area contributed by atoms with E-state index >= 15 is 0 Å². The van der Waals surface area contributed by atoms with Crippen molar-refractivity contribution in [2.24, 2.45) is 0 Å². The lowest BCUT2D eigenvalue weighted by molar-refractivity contribution is 0.241. The number of halogens is 1. The predicted octanol–water partition coefficient (Wildman–Crippen LogP) is 2.06. The van der Waals surface area contributed by atoms with Crippen molar-refractivity contribution in [3.05, 3.63) is 28.9 Å². The Labute approximate surface area is 127 Å². The molecule has 0 aromatic carbocycles. The Morgan fingerprint density at radius 2 is 2.25 bits per heavy atom. The number of rotatable bonds is 6. The van der Waals surface area contributed by atoms with Crippen LogP contribution in [-0.2, 0) is 6.54 Å². The van der Waals surface area contributed by atoms with Crippen molar-refractivity contribution in [1.82, 2.24) is 24.6 Å². The van der Waals surface area contributed by atoms with Crippen molar-refractivity contribution >= 4 is 21.6 Å². The van der Waals surface area contributed by atoms with Gasteiger partial charge in [-0.3, -0.25) is 9.30 Å². The maximum atomic E-state index is 4.36. The number of hydrogen-bond donors (Lipinski definition) is 1. The third kappa shape index (κ3) is 3.02. The van der Waals surface area contributed by atoms with Crippen LogP contribution in [0.3, 0.4) is 0 Å². The smallest absolute Gasteiger partial charge is 0.155 e. The molecular formula is C14H20BrN5. The Balaban J connectivity index is 1.58. The normalized spacial score (nSPS) is 17.0. The molecule has 20 heavy (non-hydrogen) atoms. The Kier molecular flexibility index (Phi) is 4.05. The molecule has 2 heterocycles. The average molecular weight is 338 g/mol. The van der Waals surface area contributed by atoms with Gasteiger partial charge in [0.1, 0.15) is 4.60 Å². The summed E-state index contributed by atoms with van der Waals surface area (Å²) in [6.07, 6.45) is 8.35. The van der Waals surface area contributed by atoms with Crippen LogP contribution < -0.4 is 5.32 Å². The third-order valence-electron chi connectivity index (χ3n) is 4.01. The fourth-order valence-corrected chi connectivity index (χ4v) is 2.75. The van der Waals surface area contributed by atoms with Gasteiger partial charge in [-0.1, -0.05) is 0 Å². The fourth-order valence-electron chi connectivity index (χ4n) is 2.44. The van der Waals surface area contributed by atoms with E-state index in [1.54, 1.807) is 6.20 Å². The van der Waals surface area contributed by atoms with Gasteiger partial charge in [-0.25, -0.2) is 9.97 Å². The van der Waals surface area contributed by atoms with Crippen LogP contribution in [-0.4, -0.2) is 44.9 Å². The van der Waals surface area contributed by atoms with Crippen LogP contribution in [0.1, 0.15) is 25.5 Å². The van der Waals surface area contributed by atoms with Crippen LogP contribution in [0.4, 0.5) is 0 Å². The molecule has 1 saturated carbocycles. The van der Waals surface area contributed by atoms with Gasteiger partial charge in [0.05, 0.1) is 18.1 Å². The maximum absolute atomic E-state index is 4.36. The summed E-state index contributed by atoms with van der Waals surface area (Å²) in [6, 6.07) is 1.37. The highest BCUT2D eigenvalue weighted by Gasteiger charge is 2.28.